The number of hydrogen-bond acceptors (Lipinski definition) is 4. The molecule has 1 amide bonds. The number of rotatable bonds is 2. The Morgan fingerprint density at radius 2 is 2.00 bits per heavy atom. The molecule has 1 N–H and O–H groups in total. The molecule has 0 aromatic carbocycles. The van der Waals surface area contributed by atoms with Crippen LogP contribution in [0.1, 0.15) is 10.5 Å². The van der Waals surface area contributed by atoms with Crippen LogP contribution in [0.2, 0.25) is 10.0 Å². The van der Waals surface area contributed by atoms with Gasteiger partial charge >= 0.3 is 0 Å². The van der Waals surface area contributed by atoms with Gasteiger partial charge in [0.15, 0.2) is 0 Å². The maximum Gasteiger partial charge on any atom is 0.296 e. The number of methoxy groups -OCH3 is 1. The van der Waals surface area contributed by atoms with Gasteiger partial charge in [0.25, 0.3) is 5.91 Å². The maximum atomic E-state index is 11.9. The van der Waals surface area contributed by atoms with Crippen molar-refractivity contribution in [2.75, 3.05) is 7.11 Å². The zero-order chi connectivity index (χ0) is 14.7. The average Bonchev–Trinajstić information content (AvgIpc) is 2.42. The molecule has 6 nitrogen and oxygen atoms in total. The SMILES string of the molecule is COc1ccc(C(=O)N=c2c(Cl)cn(O)cc2Cl)nc1. The first-order chi connectivity index (χ1) is 9.51. The molecule has 20 heavy (non-hydrogen) atoms. The molecule has 0 aliphatic carbocycles. The van der Waals surface area contributed by atoms with Crippen molar-refractivity contribution in [2.45, 2.75) is 0 Å². The summed E-state index contributed by atoms with van der Waals surface area (Å²) in [5.74, 6) is -0.0780. The van der Waals surface area contributed by atoms with Crippen molar-refractivity contribution < 1.29 is 14.7 Å². The van der Waals surface area contributed by atoms with E-state index in [4.69, 9.17) is 27.9 Å². The monoisotopic (exact) mass is 313 g/mol. The predicted octanol–water partition coefficient (Wildman–Crippen LogP) is 2.18. The van der Waals surface area contributed by atoms with E-state index in [2.05, 4.69) is 9.98 Å². The number of pyridine rings is 2. The summed E-state index contributed by atoms with van der Waals surface area (Å²) >= 11 is 11.7. The molecule has 8 heteroatoms. The molecule has 2 heterocycles. The molecular weight excluding hydrogens is 305 g/mol. The Kier molecular flexibility index (Phi) is 4.26. The summed E-state index contributed by atoms with van der Waals surface area (Å²) in [5, 5.41) is 9.38. The highest BCUT2D eigenvalue weighted by Crippen LogP contribution is 2.10. The van der Waals surface area contributed by atoms with E-state index in [1.165, 1.54) is 31.8 Å². The van der Waals surface area contributed by atoms with Gasteiger partial charge in [0.05, 0.1) is 35.7 Å². The first-order valence-corrected chi connectivity index (χ1v) is 6.12. The third-order valence-corrected chi connectivity index (χ3v) is 2.90. The van der Waals surface area contributed by atoms with Gasteiger partial charge < -0.3 is 9.94 Å². The molecule has 0 spiro atoms. The van der Waals surface area contributed by atoms with Crippen LogP contribution in [0.3, 0.4) is 0 Å². The lowest BCUT2D eigenvalue weighted by Crippen LogP contribution is -2.13. The molecule has 2 rings (SSSR count). The Balaban J connectivity index is 2.41. The Bertz CT molecular complexity index is 685. The number of nitrogens with zero attached hydrogens (tertiary/aromatic N) is 3. The van der Waals surface area contributed by atoms with E-state index >= 15 is 0 Å². The lowest BCUT2D eigenvalue weighted by atomic mass is 10.3. The highest BCUT2D eigenvalue weighted by molar-refractivity contribution is 6.34. The maximum absolute atomic E-state index is 11.9. The largest absolute Gasteiger partial charge is 0.495 e. The molecule has 0 atom stereocenters. The number of amides is 1. The van der Waals surface area contributed by atoms with E-state index in [9.17, 15) is 10.0 Å². The van der Waals surface area contributed by atoms with Gasteiger partial charge in [-0.25, -0.2) is 9.98 Å². The van der Waals surface area contributed by atoms with Crippen LogP contribution in [0.15, 0.2) is 35.7 Å². The van der Waals surface area contributed by atoms with E-state index in [0.29, 0.717) is 10.5 Å². The minimum Gasteiger partial charge on any atom is -0.495 e. The molecule has 0 saturated heterocycles. The summed E-state index contributed by atoms with van der Waals surface area (Å²) < 4.78 is 5.62. The highest BCUT2D eigenvalue weighted by Gasteiger charge is 2.09. The van der Waals surface area contributed by atoms with Crippen LogP contribution in [0, 0.1) is 0 Å². The van der Waals surface area contributed by atoms with Crippen LogP contribution in [0.5, 0.6) is 5.75 Å². The predicted molar refractivity (Wildman–Crippen MR) is 72.3 cm³/mol. The standard InChI is InChI=1S/C12H9Cl2N3O3/c1-20-7-2-3-10(15-4-7)12(18)16-11-8(13)5-17(19)6-9(11)14/h2-6,19H,1H3. The van der Waals surface area contributed by atoms with E-state index in [1.807, 2.05) is 0 Å². The summed E-state index contributed by atoms with van der Waals surface area (Å²) in [7, 11) is 1.50. The molecule has 0 unspecified atom stereocenters. The first-order valence-electron chi connectivity index (χ1n) is 5.37. The number of carbonyl (C=O) groups excluding carboxylic acids is 1. The van der Waals surface area contributed by atoms with Gasteiger partial charge in [-0.2, -0.15) is 4.73 Å². The molecule has 0 radical (unpaired) electrons. The van der Waals surface area contributed by atoms with E-state index in [-0.39, 0.29) is 21.1 Å². The van der Waals surface area contributed by atoms with Crippen LogP contribution in [0.4, 0.5) is 0 Å². The van der Waals surface area contributed by atoms with Crippen molar-refractivity contribution in [3.63, 3.8) is 0 Å². The van der Waals surface area contributed by atoms with Crippen molar-refractivity contribution >= 4 is 29.1 Å². The van der Waals surface area contributed by atoms with Gasteiger partial charge in [0, 0.05) is 0 Å². The molecular formula is C12H9Cl2N3O3. The molecule has 0 aliphatic rings. The fourth-order valence-electron chi connectivity index (χ4n) is 1.40. The van der Waals surface area contributed by atoms with Crippen LogP contribution in [-0.2, 0) is 0 Å². The van der Waals surface area contributed by atoms with E-state index in [0.717, 1.165) is 0 Å². The van der Waals surface area contributed by atoms with Gasteiger partial charge in [-0.3, -0.25) is 4.79 Å². The van der Waals surface area contributed by atoms with Crippen LogP contribution in [-0.4, -0.2) is 27.9 Å². The van der Waals surface area contributed by atoms with Crippen LogP contribution < -0.4 is 10.1 Å². The van der Waals surface area contributed by atoms with Crippen molar-refractivity contribution in [3.8, 4) is 5.75 Å². The van der Waals surface area contributed by atoms with Gasteiger partial charge in [-0.1, -0.05) is 23.2 Å². The number of ether oxygens (including phenoxy) is 1. The van der Waals surface area contributed by atoms with Gasteiger partial charge in [-0.15, -0.1) is 0 Å². The molecule has 0 fully saturated rings. The minimum absolute atomic E-state index is 0.0434. The van der Waals surface area contributed by atoms with Gasteiger partial charge in [0.2, 0.25) is 0 Å². The van der Waals surface area contributed by atoms with Crippen molar-refractivity contribution in [3.05, 3.63) is 51.8 Å². The second kappa shape index (κ2) is 5.94. The lowest BCUT2D eigenvalue weighted by molar-refractivity contribution is 0.0993. The summed E-state index contributed by atoms with van der Waals surface area (Å²) in [6.07, 6.45) is 3.74. The second-order valence-corrected chi connectivity index (χ2v) is 4.50. The molecule has 104 valence electrons. The van der Waals surface area contributed by atoms with Crippen LogP contribution in [0.25, 0.3) is 0 Å². The van der Waals surface area contributed by atoms with Crippen molar-refractivity contribution in [1.82, 2.24) is 9.71 Å². The fourth-order valence-corrected chi connectivity index (χ4v) is 1.94. The molecule has 0 saturated carbocycles. The summed E-state index contributed by atoms with van der Waals surface area (Å²) in [6.45, 7) is 0. The van der Waals surface area contributed by atoms with E-state index < -0.39 is 5.91 Å². The zero-order valence-electron chi connectivity index (χ0n) is 10.2. The Morgan fingerprint density at radius 3 is 2.50 bits per heavy atom. The molecule has 0 bridgehead atoms. The number of aromatic nitrogens is 2. The Labute approximate surface area is 123 Å². The molecule has 2 aromatic rings. The lowest BCUT2D eigenvalue weighted by Gasteiger charge is -2.01. The van der Waals surface area contributed by atoms with Crippen molar-refractivity contribution in [1.29, 1.82) is 0 Å². The van der Waals surface area contributed by atoms with Crippen LogP contribution >= 0.6 is 23.2 Å². The minimum atomic E-state index is -0.604. The second-order valence-electron chi connectivity index (χ2n) is 3.68. The smallest absolute Gasteiger partial charge is 0.296 e. The summed E-state index contributed by atoms with van der Waals surface area (Å²) in [5.41, 5.74) is 0.124. The summed E-state index contributed by atoms with van der Waals surface area (Å²) in [4.78, 5) is 19.7. The topological polar surface area (TPSA) is 76.7 Å². The number of hydrogen-bond donors (Lipinski definition) is 1. The quantitative estimate of drug-likeness (QED) is 0.862. The molecule has 0 aliphatic heterocycles. The molecule has 2 aromatic heterocycles. The summed E-state index contributed by atoms with van der Waals surface area (Å²) in [6, 6.07) is 3.06. The average molecular weight is 314 g/mol. The Morgan fingerprint density at radius 1 is 1.35 bits per heavy atom. The zero-order valence-corrected chi connectivity index (χ0v) is 11.8. The third kappa shape index (κ3) is 3.09. The van der Waals surface area contributed by atoms with E-state index in [1.54, 1.807) is 6.07 Å². The normalized spacial score (nSPS) is 10.2. The first kappa shape index (κ1) is 14.4. The third-order valence-electron chi connectivity index (χ3n) is 2.35. The number of carbonyl (C=O) groups is 1. The Hall–Kier alpha value is -2.05. The highest BCUT2D eigenvalue weighted by atomic mass is 35.5. The fraction of sp³-hybridized carbons (Fsp3) is 0.0833. The van der Waals surface area contributed by atoms with Gasteiger partial charge in [-0.05, 0) is 12.1 Å². The van der Waals surface area contributed by atoms with Crippen molar-refractivity contribution in [2.24, 2.45) is 4.99 Å². The number of halogens is 2. The van der Waals surface area contributed by atoms with Gasteiger partial charge in [0.1, 0.15) is 16.8 Å².